The molecule has 2 aliphatic rings. The molecule has 0 saturated heterocycles. The van der Waals surface area contributed by atoms with Gasteiger partial charge in [-0.2, -0.15) is 0 Å². The van der Waals surface area contributed by atoms with E-state index in [2.05, 4.69) is 20.8 Å². The maximum absolute atomic E-state index is 13.2. The number of hydrogen-bond donors (Lipinski definition) is 0. The molecule has 5 heteroatoms. The van der Waals surface area contributed by atoms with Crippen LogP contribution in [0.25, 0.3) is 0 Å². The van der Waals surface area contributed by atoms with Gasteiger partial charge in [0, 0.05) is 0 Å². The third-order valence-corrected chi connectivity index (χ3v) is 6.95. The topological polar surface area (TPSA) is 63.7 Å². The van der Waals surface area contributed by atoms with Crippen LogP contribution in [0.2, 0.25) is 0 Å². The average Bonchev–Trinajstić information content (AvgIpc) is 2.99. The van der Waals surface area contributed by atoms with E-state index in [4.69, 9.17) is 4.74 Å². The summed E-state index contributed by atoms with van der Waals surface area (Å²) in [6.07, 6.45) is 2.94. The van der Waals surface area contributed by atoms with Gasteiger partial charge in [0.2, 0.25) is 0 Å². The zero-order valence-electron chi connectivity index (χ0n) is 19.5. The van der Waals surface area contributed by atoms with Crippen LogP contribution in [-0.2, 0) is 4.74 Å². The zero-order chi connectivity index (χ0) is 23.2. The fourth-order valence-electron chi connectivity index (χ4n) is 5.00. The second-order valence-corrected chi connectivity index (χ2v) is 9.77. The standard InChI is InChI=1S/C27H31NO4/c1-15(2)20-10-7-17(4)13-24(20)32-27(31)19-9-11-21-22(14-19)26(30)28(25(21)29)23-12-16(3)6-8-18(23)5/h6,8-9,11-12,14-15,17,20,24H,7,10,13H2,1-5H3. The van der Waals surface area contributed by atoms with E-state index in [-0.39, 0.29) is 17.6 Å². The van der Waals surface area contributed by atoms with Crippen LogP contribution in [0.4, 0.5) is 5.69 Å². The van der Waals surface area contributed by atoms with Crippen molar-refractivity contribution in [2.75, 3.05) is 4.90 Å². The Bertz CT molecular complexity index is 1090. The molecule has 2 aromatic rings. The highest BCUT2D eigenvalue weighted by Gasteiger charge is 2.39. The fraction of sp³-hybridized carbons (Fsp3) is 0.444. The van der Waals surface area contributed by atoms with Crippen LogP contribution < -0.4 is 4.90 Å². The molecule has 5 nitrogen and oxygen atoms in total. The molecule has 1 heterocycles. The van der Waals surface area contributed by atoms with E-state index in [1.165, 1.54) is 11.0 Å². The number of ether oxygens (including phenoxy) is 1. The minimum Gasteiger partial charge on any atom is -0.458 e. The molecular formula is C27H31NO4. The summed E-state index contributed by atoms with van der Waals surface area (Å²) in [7, 11) is 0. The van der Waals surface area contributed by atoms with Gasteiger partial charge in [-0.3, -0.25) is 9.59 Å². The molecule has 0 spiro atoms. The number of nitrogens with zero attached hydrogens (tertiary/aromatic N) is 1. The number of anilines is 1. The lowest BCUT2D eigenvalue weighted by molar-refractivity contribution is -0.0174. The molecular weight excluding hydrogens is 402 g/mol. The van der Waals surface area contributed by atoms with Crippen molar-refractivity contribution in [3.8, 4) is 0 Å². The van der Waals surface area contributed by atoms with Crippen LogP contribution in [0.5, 0.6) is 0 Å². The second kappa shape index (κ2) is 8.53. The fourth-order valence-corrected chi connectivity index (χ4v) is 5.00. The largest absolute Gasteiger partial charge is 0.458 e. The van der Waals surface area contributed by atoms with Gasteiger partial charge in [0.1, 0.15) is 6.10 Å². The van der Waals surface area contributed by atoms with Crippen molar-refractivity contribution in [3.63, 3.8) is 0 Å². The van der Waals surface area contributed by atoms with Crippen molar-refractivity contribution in [2.45, 2.75) is 60.0 Å². The number of amides is 2. The van der Waals surface area contributed by atoms with Gasteiger partial charge < -0.3 is 4.74 Å². The maximum Gasteiger partial charge on any atom is 0.338 e. The van der Waals surface area contributed by atoms with Gasteiger partial charge in [-0.05, 0) is 79.8 Å². The molecule has 0 radical (unpaired) electrons. The van der Waals surface area contributed by atoms with E-state index >= 15 is 0 Å². The third-order valence-electron chi connectivity index (χ3n) is 6.95. The van der Waals surface area contributed by atoms with Gasteiger partial charge in [0.05, 0.1) is 22.4 Å². The summed E-state index contributed by atoms with van der Waals surface area (Å²) < 4.78 is 5.94. The molecule has 0 N–H and O–H groups in total. The quantitative estimate of drug-likeness (QED) is 0.457. The number of fused-ring (bicyclic) bond motifs is 1. The molecule has 168 valence electrons. The molecule has 2 aromatic carbocycles. The first-order valence-corrected chi connectivity index (χ1v) is 11.5. The van der Waals surface area contributed by atoms with Crippen LogP contribution in [0.1, 0.15) is 82.2 Å². The summed E-state index contributed by atoms with van der Waals surface area (Å²) in [4.78, 5) is 40.4. The highest BCUT2D eigenvalue weighted by Crippen LogP contribution is 2.36. The van der Waals surface area contributed by atoms with E-state index in [1.54, 1.807) is 12.1 Å². The molecule has 0 aromatic heterocycles. The van der Waals surface area contributed by atoms with Gasteiger partial charge in [0.25, 0.3) is 11.8 Å². The Hall–Kier alpha value is -2.95. The highest BCUT2D eigenvalue weighted by molar-refractivity contribution is 6.35. The van der Waals surface area contributed by atoms with Crippen LogP contribution in [0.15, 0.2) is 36.4 Å². The molecule has 4 rings (SSSR count). The average molecular weight is 434 g/mol. The zero-order valence-corrected chi connectivity index (χ0v) is 19.5. The third kappa shape index (κ3) is 3.96. The Morgan fingerprint density at radius 1 is 1.00 bits per heavy atom. The van der Waals surface area contributed by atoms with Crippen LogP contribution in [0, 0.1) is 31.6 Å². The predicted molar refractivity (Wildman–Crippen MR) is 124 cm³/mol. The number of imide groups is 1. The van der Waals surface area contributed by atoms with Crippen molar-refractivity contribution in [1.29, 1.82) is 0 Å². The SMILES string of the molecule is Cc1ccc(C)c(N2C(=O)c3ccc(C(=O)OC4CC(C)CCC4C(C)C)cc3C2=O)c1. The molecule has 3 unspecified atom stereocenters. The monoisotopic (exact) mass is 433 g/mol. The summed E-state index contributed by atoms with van der Waals surface area (Å²) >= 11 is 0. The summed E-state index contributed by atoms with van der Waals surface area (Å²) in [6.45, 7) is 10.3. The molecule has 1 fully saturated rings. The van der Waals surface area contributed by atoms with Crippen molar-refractivity contribution in [3.05, 3.63) is 64.2 Å². The predicted octanol–water partition coefficient (Wildman–Crippen LogP) is 5.72. The molecule has 3 atom stereocenters. The van der Waals surface area contributed by atoms with E-state index < -0.39 is 11.9 Å². The van der Waals surface area contributed by atoms with Crippen LogP contribution in [0.3, 0.4) is 0 Å². The van der Waals surface area contributed by atoms with Crippen molar-refractivity contribution in [2.24, 2.45) is 17.8 Å². The second-order valence-electron chi connectivity index (χ2n) is 9.77. The first-order valence-electron chi connectivity index (χ1n) is 11.5. The first-order chi connectivity index (χ1) is 15.2. The van der Waals surface area contributed by atoms with Crippen LogP contribution in [-0.4, -0.2) is 23.9 Å². The number of rotatable bonds is 4. The number of carbonyl (C=O) groups excluding carboxylic acids is 3. The van der Waals surface area contributed by atoms with Gasteiger partial charge in [-0.1, -0.05) is 39.3 Å². The molecule has 1 aliphatic carbocycles. The lowest BCUT2D eigenvalue weighted by Crippen LogP contribution is -2.35. The Labute approximate surface area is 189 Å². The molecule has 0 bridgehead atoms. The number of benzene rings is 2. The van der Waals surface area contributed by atoms with Crippen LogP contribution >= 0.6 is 0 Å². The number of hydrogen-bond acceptors (Lipinski definition) is 4. The van der Waals surface area contributed by atoms with Gasteiger partial charge >= 0.3 is 5.97 Å². The van der Waals surface area contributed by atoms with Gasteiger partial charge in [-0.15, -0.1) is 0 Å². The smallest absolute Gasteiger partial charge is 0.338 e. The summed E-state index contributed by atoms with van der Waals surface area (Å²) in [5, 5.41) is 0. The van der Waals surface area contributed by atoms with E-state index in [0.717, 1.165) is 30.4 Å². The Kier molecular flexibility index (Phi) is 5.93. The van der Waals surface area contributed by atoms with E-state index in [1.807, 2.05) is 32.0 Å². The number of aryl methyl sites for hydroxylation is 2. The number of esters is 1. The molecule has 2 amide bonds. The lowest BCUT2D eigenvalue weighted by Gasteiger charge is -2.36. The Balaban J connectivity index is 1.60. The minimum atomic E-state index is -0.428. The summed E-state index contributed by atoms with van der Waals surface area (Å²) in [5.41, 5.74) is 3.27. The minimum absolute atomic E-state index is 0.122. The molecule has 1 aliphatic heterocycles. The number of carbonyl (C=O) groups is 3. The van der Waals surface area contributed by atoms with E-state index in [0.29, 0.717) is 34.6 Å². The van der Waals surface area contributed by atoms with Crippen molar-refractivity contribution in [1.82, 2.24) is 0 Å². The van der Waals surface area contributed by atoms with Gasteiger partial charge in [0.15, 0.2) is 0 Å². The van der Waals surface area contributed by atoms with Crippen molar-refractivity contribution >= 4 is 23.5 Å². The van der Waals surface area contributed by atoms with Gasteiger partial charge in [-0.25, -0.2) is 9.69 Å². The van der Waals surface area contributed by atoms with E-state index in [9.17, 15) is 14.4 Å². The summed E-state index contributed by atoms with van der Waals surface area (Å²) in [6, 6.07) is 10.4. The normalized spacial score (nSPS) is 22.9. The Morgan fingerprint density at radius 2 is 1.72 bits per heavy atom. The van der Waals surface area contributed by atoms with Crippen molar-refractivity contribution < 1.29 is 19.1 Å². The Morgan fingerprint density at radius 3 is 2.44 bits per heavy atom. The maximum atomic E-state index is 13.2. The summed E-state index contributed by atoms with van der Waals surface area (Å²) in [5.74, 6) is 0.105. The lowest BCUT2D eigenvalue weighted by atomic mass is 9.75. The first kappa shape index (κ1) is 22.3. The molecule has 1 saturated carbocycles. The highest BCUT2D eigenvalue weighted by atomic mass is 16.5. The molecule has 32 heavy (non-hydrogen) atoms.